The predicted molar refractivity (Wildman–Crippen MR) is 124 cm³/mol. The third kappa shape index (κ3) is 4.76. The fourth-order valence-electron chi connectivity index (χ4n) is 3.95. The highest BCUT2D eigenvalue weighted by Gasteiger charge is 2.26. The molecule has 3 heterocycles. The number of nitrogens with zero attached hydrogens (tertiary/aromatic N) is 5. The van der Waals surface area contributed by atoms with Crippen LogP contribution < -0.4 is 15.1 Å². The van der Waals surface area contributed by atoms with Gasteiger partial charge in [-0.2, -0.15) is 0 Å². The molecule has 1 N–H and O–H groups in total. The lowest BCUT2D eigenvalue weighted by Gasteiger charge is -2.33. The van der Waals surface area contributed by atoms with Gasteiger partial charge in [-0.05, 0) is 50.5 Å². The van der Waals surface area contributed by atoms with Gasteiger partial charge >= 0.3 is 0 Å². The summed E-state index contributed by atoms with van der Waals surface area (Å²) in [6.07, 6.45) is 3.73. The fraction of sp³-hybridized carbons (Fsp3) is 0.417. The Labute approximate surface area is 183 Å². The molecule has 1 atom stereocenters. The van der Waals surface area contributed by atoms with E-state index in [1.807, 2.05) is 40.2 Å². The van der Waals surface area contributed by atoms with Gasteiger partial charge in [-0.15, -0.1) is 0 Å². The smallest absolute Gasteiger partial charge is 0.225 e. The van der Waals surface area contributed by atoms with Gasteiger partial charge in [0.15, 0.2) is 5.65 Å². The third-order valence-electron chi connectivity index (χ3n) is 5.99. The lowest BCUT2D eigenvalue weighted by molar-refractivity contribution is -0.125. The first kappa shape index (κ1) is 21.0. The molecule has 1 aliphatic heterocycles. The number of hydrogen-bond donors (Lipinski definition) is 1. The molecule has 1 aliphatic rings. The van der Waals surface area contributed by atoms with Crippen LogP contribution in [0, 0.1) is 19.8 Å². The standard InChI is InChI=1S/C24H30N6O/c1-16-17(2)28-23-22(27-16)12-21(14-25-23)30-11-5-6-19(15-30)24(31)26-13-18-7-9-20(10-8-18)29(3)4/h7-10,12,14,19H,5-6,11,13,15H2,1-4H3,(H,26,31). The first-order valence-corrected chi connectivity index (χ1v) is 10.8. The molecule has 0 spiro atoms. The van der Waals surface area contributed by atoms with Crippen molar-refractivity contribution in [2.45, 2.75) is 33.2 Å². The summed E-state index contributed by atoms with van der Waals surface area (Å²) in [4.78, 5) is 30.8. The molecule has 0 aliphatic carbocycles. The zero-order valence-corrected chi connectivity index (χ0v) is 18.7. The van der Waals surface area contributed by atoms with Gasteiger partial charge in [0.1, 0.15) is 5.52 Å². The zero-order valence-electron chi connectivity index (χ0n) is 18.7. The number of benzene rings is 1. The molecule has 31 heavy (non-hydrogen) atoms. The highest BCUT2D eigenvalue weighted by Crippen LogP contribution is 2.25. The summed E-state index contributed by atoms with van der Waals surface area (Å²) in [5.41, 5.74) is 6.54. The van der Waals surface area contributed by atoms with Gasteiger partial charge in [-0.3, -0.25) is 4.79 Å². The second-order valence-electron chi connectivity index (χ2n) is 8.49. The van der Waals surface area contributed by atoms with Gasteiger partial charge < -0.3 is 15.1 Å². The van der Waals surface area contributed by atoms with Crippen molar-refractivity contribution in [1.82, 2.24) is 20.3 Å². The molecule has 4 rings (SSSR count). The van der Waals surface area contributed by atoms with Crippen molar-refractivity contribution in [1.29, 1.82) is 0 Å². The number of aromatic nitrogens is 3. The van der Waals surface area contributed by atoms with Crippen LogP contribution in [0.2, 0.25) is 0 Å². The summed E-state index contributed by atoms with van der Waals surface area (Å²) < 4.78 is 0. The maximum Gasteiger partial charge on any atom is 0.225 e. The Morgan fingerprint density at radius 2 is 1.90 bits per heavy atom. The van der Waals surface area contributed by atoms with Gasteiger partial charge in [-0.25, -0.2) is 15.0 Å². The number of carbonyl (C=O) groups excluding carboxylic acids is 1. The van der Waals surface area contributed by atoms with Crippen LogP contribution >= 0.6 is 0 Å². The monoisotopic (exact) mass is 418 g/mol. The quantitative estimate of drug-likeness (QED) is 0.686. The highest BCUT2D eigenvalue weighted by atomic mass is 16.1. The van der Waals surface area contributed by atoms with E-state index in [0.29, 0.717) is 18.7 Å². The minimum atomic E-state index is -0.0312. The van der Waals surface area contributed by atoms with Gasteiger partial charge in [-0.1, -0.05) is 12.1 Å². The Hall–Kier alpha value is -3.22. The minimum absolute atomic E-state index is 0.0312. The number of amides is 1. The summed E-state index contributed by atoms with van der Waals surface area (Å²) in [7, 11) is 4.04. The molecular weight excluding hydrogens is 388 g/mol. The Morgan fingerprint density at radius 3 is 2.65 bits per heavy atom. The van der Waals surface area contributed by atoms with Crippen molar-refractivity contribution in [2.24, 2.45) is 5.92 Å². The van der Waals surface area contributed by atoms with Crippen LogP contribution in [-0.2, 0) is 11.3 Å². The normalized spacial score (nSPS) is 16.4. The van der Waals surface area contributed by atoms with Gasteiger partial charge in [0, 0.05) is 39.4 Å². The molecule has 0 radical (unpaired) electrons. The number of aryl methyl sites for hydroxylation is 2. The van der Waals surface area contributed by atoms with E-state index in [2.05, 4.69) is 54.3 Å². The molecule has 1 unspecified atom stereocenters. The fourth-order valence-corrected chi connectivity index (χ4v) is 3.95. The van der Waals surface area contributed by atoms with Crippen molar-refractivity contribution >= 4 is 28.4 Å². The zero-order chi connectivity index (χ0) is 22.0. The number of rotatable bonds is 5. The van der Waals surface area contributed by atoms with Crippen LogP contribution in [0.3, 0.4) is 0 Å². The number of anilines is 2. The van der Waals surface area contributed by atoms with Crippen LogP contribution in [0.5, 0.6) is 0 Å². The number of pyridine rings is 1. The molecule has 162 valence electrons. The number of nitrogens with one attached hydrogen (secondary N) is 1. The van der Waals surface area contributed by atoms with Crippen molar-refractivity contribution in [2.75, 3.05) is 37.0 Å². The van der Waals surface area contributed by atoms with Crippen LogP contribution in [0.1, 0.15) is 29.8 Å². The van der Waals surface area contributed by atoms with E-state index in [9.17, 15) is 4.79 Å². The van der Waals surface area contributed by atoms with E-state index >= 15 is 0 Å². The van der Waals surface area contributed by atoms with E-state index in [1.54, 1.807) is 0 Å². The van der Waals surface area contributed by atoms with E-state index in [0.717, 1.165) is 53.2 Å². The van der Waals surface area contributed by atoms with Crippen molar-refractivity contribution in [3.05, 3.63) is 53.5 Å². The Balaban J connectivity index is 1.40. The van der Waals surface area contributed by atoms with Crippen LogP contribution in [-0.4, -0.2) is 48.0 Å². The van der Waals surface area contributed by atoms with Crippen molar-refractivity contribution < 1.29 is 4.79 Å². The molecule has 1 saturated heterocycles. The van der Waals surface area contributed by atoms with Gasteiger partial charge in [0.25, 0.3) is 0 Å². The number of carbonyl (C=O) groups is 1. The first-order chi connectivity index (χ1) is 14.9. The Bertz CT molecular complexity index is 1080. The van der Waals surface area contributed by atoms with E-state index in [4.69, 9.17) is 0 Å². The second-order valence-corrected chi connectivity index (χ2v) is 8.49. The summed E-state index contributed by atoms with van der Waals surface area (Å²) >= 11 is 0. The number of fused-ring (bicyclic) bond motifs is 1. The second kappa shape index (κ2) is 8.88. The summed E-state index contributed by atoms with van der Waals surface area (Å²) in [5.74, 6) is 0.0812. The van der Waals surface area contributed by atoms with Gasteiger partial charge in [0.2, 0.25) is 5.91 Å². The molecule has 7 nitrogen and oxygen atoms in total. The van der Waals surface area contributed by atoms with Crippen LogP contribution in [0.15, 0.2) is 36.5 Å². The van der Waals surface area contributed by atoms with E-state index in [1.165, 1.54) is 0 Å². The molecule has 1 aromatic carbocycles. The SMILES string of the molecule is Cc1nc2cc(N3CCCC(C(=O)NCc4ccc(N(C)C)cc4)C3)cnc2nc1C. The summed E-state index contributed by atoms with van der Waals surface area (Å²) in [6, 6.07) is 10.3. The van der Waals surface area contributed by atoms with Crippen molar-refractivity contribution in [3.63, 3.8) is 0 Å². The predicted octanol–water partition coefficient (Wildman–Crippen LogP) is 3.24. The van der Waals surface area contributed by atoms with Crippen LogP contribution in [0.25, 0.3) is 11.2 Å². The Kier molecular flexibility index (Phi) is 6.02. The molecule has 1 amide bonds. The third-order valence-corrected chi connectivity index (χ3v) is 5.99. The Morgan fingerprint density at radius 1 is 1.16 bits per heavy atom. The van der Waals surface area contributed by atoms with E-state index < -0.39 is 0 Å². The molecule has 2 aromatic heterocycles. The molecule has 0 saturated carbocycles. The lowest BCUT2D eigenvalue weighted by Crippen LogP contribution is -2.43. The average Bonchev–Trinajstić information content (AvgIpc) is 2.78. The van der Waals surface area contributed by atoms with Crippen LogP contribution in [0.4, 0.5) is 11.4 Å². The molecule has 1 fully saturated rings. The highest BCUT2D eigenvalue weighted by molar-refractivity contribution is 5.80. The lowest BCUT2D eigenvalue weighted by atomic mass is 9.96. The molecular formula is C24H30N6O. The van der Waals surface area contributed by atoms with E-state index in [-0.39, 0.29) is 11.8 Å². The molecule has 3 aromatic rings. The summed E-state index contributed by atoms with van der Waals surface area (Å²) in [5, 5.41) is 3.12. The van der Waals surface area contributed by atoms with Crippen molar-refractivity contribution in [3.8, 4) is 0 Å². The molecule has 7 heteroatoms. The topological polar surface area (TPSA) is 74.2 Å². The molecule has 0 bridgehead atoms. The van der Waals surface area contributed by atoms with Gasteiger partial charge in [0.05, 0.1) is 29.2 Å². The largest absolute Gasteiger partial charge is 0.378 e. The first-order valence-electron chi connectivity index (χ1n) is 10.8. The average molecular weight is 419 g/mol. The maximum atomic E-state index is 12.8. The summed E-state index contributed by atoms with van der Waals surface area (Å²) in [6.45, 7) is 6.07. The number of hydrogen-bond acceptors (Lipinski definition) is 6. The minimum Gasteiger partial charge on any atom is -0.378 e. The maximum absolute atomic E-state index is 12.8. The number of piperidine rings is 1.